The molecule has 2 unspecified atom stereocenters. The zero-order chi connectivity index (χ0) is 20.1. The van der Waals surface area contributed by atoms with Gasteiger partial charge in [-0.1, -0.05) is 25.0 Å². The fourth-order valence-electron chi connectivity index (χ4n) is 4.46. The Labute approximate surface area is 188 Å². The molecule has 1 aromatic rings. The van der Waals surface area contributed by atoms with E-state index < -0.39 is 11.7 Å². The summed E-state index contributed by atoms with van der Waals surface area (Å²) in [7, 11) is 2.04. The van der Waals surface area contributed by atoms with Crippen LogP contribution in [0.15, 0.2) is 29.3 Å². The van der Waals surface area contributed by atoms with E-state index in [2.05, 4.69) is 9.80 Å². The number of nitrogens with two attached hydrogens (primary N) is 1. The highest BCUT2D eigenvalue weighted by Crippen LogP contribution is 2.37. The molecule has 8 heteroatoms. The van der Waals surface area contributed by atoms with Gasteiger partial charge in [0, 0.05) is 25.7 Å². The molecule has 0 saturated carbocycles. The molecular weight excluding hydrogens is 492 g/mol. The molecule has 164 valence electrons. The zero-order valence-electron chi connectivity index (χ0n) is 17.0. The monoisotopic (exact) mass is 524 g/mol. The van der Waals surface area contributed by atoms with Crippen molar-refractivity contribution in [3.8, 4) is 0 Å². The predicted octanol–water partition coefficient (Wildman–Crippen LogP) is 4.90. The van der Waals surface area contributed by atoms with Gasteiger partial charge in [0.05, 0.1) is 5.56 Å². The van der Waals surface area contributed by atoms with Crippen LogP contribution in [0.2, 0.25) is 0 Å². The Morgan fingerprint density at radius 1 is 1.03 bits per heavy atom. The average Bonchev–Trinajstić information content (AvgIpc) is 2.95. The van der Waals surface area contributed by atoms with Crippen molar-refractivity contribution in [1.82, 2.24) is 9.80 Å². The van der Waals surface area contributed by atoms with Crippen LogP contribution < -0.4 is 5.73 Å². The number of halogens is 4. The lowest BCUT2D eigenvalue weighted by molar-refractivity contribution is -0.137. The van der Waals surface area contributed by atoms with Crippen molar-refractivity contribution in [2.45, 2.75) is 50.7 Å². The molecule has 3 rings (SSSR count). The van der Waals surface area contributed by atoms with Crippen LogP contribution in [0.1, 0.15) is 55.7 Å². The largest absolute Gasteiger partial charge is 0.416 e. The van der Waals surface area contributed by atoms with E-state index in [0.29, 0.717) is 12.5 Å². The van der Waals surface area contributed by atoms with E-state index in [0.717, 1.165) is 50.9 Å². The van der Waals surface area contributed by atoms with Gasteiger partial charge in [-0.05, 0) is 62.9 Å². The Hall–Kier alpha value is -1.03. The molecule has 2 N–H and O–H groups in total. The number of guanidine groups is 1. The highest BCUT2D eigenvalue weighted by Gasteiger charge is 2.33. The lowest BCUT2D eigenvalue weighted by Gasteiger charge is -2.39. The Kier molecular flexibility index (Phi) is 9.06. The Morgan fingerprint density at radius 3 is 2.24 bits per heavy atom. The van der Waals surface area contributed by atoms with E-state index in [4.69, 9.17) is 10.7 Å². The van der Waals surface area contributed by atoms with Crippen molar-refractivity contribution in [3.63, 3.8) is 0 Å². The molecular formula is C21H32F3IN4. The molecule has 0 bridgehead atoms. The summed E-state index contributed by atoms with van der Waals surface area (Å²) < 4.78 is 38.7. The van der Waals surface area contributed by atoms with Crippen LogP contribution in [0.25, 0.3) is 0 Å². The Morgan fingerprint density at radius 2 is 1.66 bits per heavy atom. The van der Waals surface area contributed by atoms with Crippen molar-refractivity contribution in [3.05, 3.63) is 35.4 Å². The minimum atomic E-state index is -4.30. The number of aliphatic imine (C=N–C) groups is 1. The molecule has 2 atom stereocenters. The molecule has 0 aromatic heterocycles. The van der Waals surface area contributed by atoms with E-state index in [1.165, 1.54) is 25.0 Å². The van der Waals surface area contributed by atoms with Gasteiger partial charge in [0.15, 0.2) is 5.96 Å². The third-order valence-electron chi connectivity index (χ3n) is 6.00. The van der Waals surface area contributed by atoms with Crippen molar-refractivity contribution < 1.29 is 13.2 Å². The predicted molar refractivity (Wildman–Crippen MR) is 121 cm³/mol. The van der Waals surface area contributed by atoms with E-state index in [-0.39, 0.29) is 35.9 Å². The van der Waals surface area contributed by atoms with Crippen LogP contribution in [0.4, 0.5) is 13.2 Å². The maximum absolute atomic E-state index is 12.9. The number of benzene rings is 1. The van der Waals surface area contributed by atoms with Gasteiger partial charge in [0.2, 0.25) is 0 Å². The quantitative estimate of drug-likeness (QED) is 0.348. The third-order valence-corrected chi connectivity index (χ3v) is 6.00. The highest BCUT2D eigenvalue weighted by atomic mass is 127. The van der Waals surface area contributed by atoms with Gasteiger partial charge in [-0.15, -0.1) is 24.0 Å². The van der Waals surface area contributed by atoms with Crippen LogP contribution in [0, 0.1) is 5.92 Å². The summed E-state index contributed by atoms with van der Waals surface area (Å²) in [5.74, 6) is 0.863. The smallest absolute Gasteiger partial charge is 0.370 e. The minimum absolute atomic E-state index is 0. The molecule has 29 heavy (non-hydrogen) atoms. The second kappa shape index (κ2) is 10.8. The maximum Gasteiger partial charge on any atom is 0.416 e. The fraction of sp³-hybridized carbons (Fsp3) is 0.667. The van der Waals surface area contributed by atoms with Crippen LogP contribution in [-0.4, -0.2) is 49.0 Å². The van der Waals surface area contributed by atoms with Crippen LogP contribution in [0.3, 0.4) is 0 Å². The fourth-order valence-corrected chi connectivity index (χ4v) is 4.46. The van der Waals surface area contributed by atoms with Crippen LogP contribution in [-0.2, 0) is 6.18 Å². The molecule has 2 aliphatic heterocycles. The summed E-state index contributed by atoms with van der Waals surface area (Å²) >= 11 is 0. The first-order valence-corrected chi connectivity index (χ1v) is 10.3. The SMILES string of the molecule is CN1CCCC(CN=C(N)N2CCCCCC2)C1c1ccc(C(F)(F)F)cc1.I. The van der Waals surface area contributed by atoms with Gasteiger partial charge in [0.1, 0.15) is 0 Å². The van der Waals surface area contributed by atoms with Crippen molar-refractivity contribution in [2.75, 3.05) is 33.2 Å². The minimum Gasteiger partial charge on any atom is -0.370 e. The Balaban J connectivity index is 0.00000300. The number of hydrogen-bond acceptors (Lipinski definition) is 2. The van der Waals surface area contributed by atoms with Crippen LogP contribution in [0.5, 0.6) is 0 Å². The number of alkyl halides is 3. The molecule has 0 spiro atoms. The first kappa shape index (κ1) is 24.2. The standard InChI is InChI=1S/C21H31F3N4.HI/c1-27-12-6-7-17(15-26-20(25)28-13-4-2-3-5-14-28)19(27)16-8-10-18(11-9-16)21(22,23)24;/h8-11,17,19H,2-7,12-15H2,1H3,(H2,25,26);1H. The van der Waals surface area contributed by atoms with Crippen LogP contribution >= 0.6 is 24.0 Å². The number of piperidine rings is 1. The summed E-state index contributed by atoms with van der Waals surface area (Å²) in [5, 5.41) is 0. The zero-order valence-corrected chi connectivity index (χ0v) is 19.3. The molecule has 4 nitrogen and oxygen atoms in total. The molecule has 0 aliphatic carbocycles. The van der Waals surface area contributed by atoms with Gasteiger partial charge in [-0.2, -0.15) is 13.2 Å². The first-order chi connectivity index (χ1) is 13.4. The summed E-state index contributed by atoms with van der Waals surface area (Å²) in [6.45, 7) is 3.47. The van der Waals surface area contributed by atoms with Crippen molar-refractivity contribution >= 4 is 29.9 Å². The number of hydrogen-bond donors (Lipinski definition) is 1. The number of nitrogens with zero attached hydrogens (tertiary/aromatic N) is 3. The van der Waals surface area contributed by atoms with E-state index in [9.17, 15) is 13.2 Å². The van der Waals surface area contributed by atoms with E-state index in [1.54, 1.807) is 12.1 Å². The van der Waals surface area contributed by atoms with Gasteiger partial charge >= 0.3 is 6.18 Å². The van der Waals surface area contributed by atoms with Gasteiger partial charge in [-0.3, -0.25) is 9.89 Å². The molecule has 0 radical (unpaired) electrons. The van der Waals surface area contributed by atoms with Gasteiger partial charge < -0.3 is 10.6 Å². The number of likely N-dealkylation sites (tertiary alicyclic amines) is 2. The van der Waals surface area contributed by atoms with E-state index in [1.807, 2.05) is 7.05 Å². The van der Waals surface area contributed by atoms with Gasteiger partial charge in [0.25, 0.3) is 0 Å². The summed E-state index contributed by atoms with van der Waals surface area (Å²) in [6, 6.07) is 5.67. The average molecular weight is 524 g/mol. The summed E-state index contributed by atoms with van der Waals surface area (Å²) in [4.78, 5) is 9.10. The van der Waals surface area contributed by atoms with E-state index >= 15 is 0 Å². The first-order valence-electron chi connectivity index (χ1n) is 10.3. The maximum atomic E-state index is 12.9. The van der Waals surface area contributed by atoms with Crippen molar-refractivity contribution in [2.24, 2.45) is 16.6 Å². The summed E-state index contributed by atoms with van der Waals surface area (Å²) in [5.41, 5.74) is 6.58. The second-order valence-corrected chi connectivity index (χ2v) is 8.05. The molecule has 1 aromatic carbocycles. The molecule has 2 fully saturated rings. The highest BCUT2D eigenvalue weighted by molar-refractivity contribution is 14.0. The molecule has 2 saturated heterocycles. The Bertz CT molecular complexity index is 655. The molecule has 2 aliphatic rings. The topological polar surface area (TPSA) is 44.9 Å². The molecule has 0 amide bonds. The number of rotatable bonds is 3. The third kappa shape index (κ3) is 6.47. The van der Waals surface area contributed by atoms with Gasteiger partial charge in [-0.25, -0.2) is 0 Å². The normalized spacial score (nSPS) is 24.7. The summed E-state index contributed by atoms with van der Waals surface area (Å²) in [6.07, 6.45) is 2.56. The second-order valence-electron chi connectivity index (χ2n) is 8.05. The van der Waals surface area contributed by atoms with Crippen molar-refractivity contribution in [1.29, 1.82) is 0 Å². The molecule has 2 heterocycles. The lowest BCUT2D eigenvalue weighted by atomic mass is 9.84. The lowest BCUT2D eigenvalue weighted by Crippen LogP contribution is -2.40.